The van der Waals surface area contributed by atoms with Gasteiger partial charge in [-0.25, -0.2) is 4.98 Å². The Labute approximate surface area is 228 Å². The minimum atomic E-state index is -0.612. The van der Waals surface area contributed by atoms with Gasteiger partial charge >= 0.3 is 0 Å². The van der Waals surface area contributed by atoms with E-state index in [1.54, 1.807) is 11.1 Å². The second-order valence-electron chi connectivity index (χ2n) is 10.8. The van der Waals surface area contributed by atoms with Crippen LogP contribution in [0, 0.1) is 0 Å². The van der Waals surface area contributed by atoms with Crippen molar-refractivity contribution in [3.05, 3.63) is 83.0 Å². The lowest BCUT2D eigenvalue weighted by molar-refractivity contribution is -0.126. The molecule has 0 saturated heterocycles. The van der Waals surface area contributed by atoms with Gasteiger partial charge in [-0.15, -0.1) is 0 Å². The van der Waals surface area contributed by atoms with E-state index in [4.69, 9.17) is 0 Å². The first-order valence-corrected chi connectivity index (χ1v) is 13.8. The van der Waals surface area contributed by atoms with Gasteiger partial charge in [-0.1, -0.05) is 43.2 Å². The SMILES string of the molecule is O=C(CN1C(=O)C2(CCCC2)NCCCc2ccccc21)Nc1ccc2c(c1)CC(=O)Nc1ncccc1C2. The number of carbonyl (C=O) groups excluding carboxylic acids is 3. The van der Waals surface area contributed by atoms with Crippen molar-refractivity contribution in [2.45, 2.75) is 56.9 Å². The highest BCUT2D eigenvalue weighted by Gasteiger charge is 2.44. The molecule has 1 aromatic heterocycles. The lowest BCUT2D eigenvalue weighted by atomic mass is 9.94. The molecule has 3 heterocycles. The first-order chi connectivity index (χ1) is 19.0. The summed E-state index contributed by atoms with van der Waals surface area (Å²) in [4.78, 5) is 46.1. The van der Waals surface area contributed by atoms with Crippen LogP contribution in [0.1, 0.15) is 54.4 Å². The largest absolute Gasteiger partial charge is 0.325 e. The van der Waals surface area contributed by atoms with E-state index in [2.05, 4.69) is 20.9 Å². The Kier molecular flexibility index (Phi) is 6.87. The van der Waals surface area contributed by atoms with Crippen LogP contribution in [0.2, 0.25) is 0 Å². The number of carbonyl (C=O) groups is 3. The van der Waals surface area contributed by atoms with Gasteiger partial charge in [0, 0.05) is 24.0 Å². The molecule has 0 bridgehead atoms. The highest BCUT2D eigenvalue weighted by Crippen LogP contribution is 2.35. The smallest absolute Gasteiger partial charge is 0.247 e. The molecule has 8 heteroatoms. The molecule has 3 N–H and O–H groups in total. The third-order valence-corrected chi connectivity index (χ3v) is 8.15. The highest BCUT2D eigenvalue weighted by atomic mass is 16.2. The summed E-state index contributed by atoms with van der Waals surface area (Å²) in [5, 5.41) is 9.44. The van der Waals surface area contributed by atoms with Crippen molar-refractivity contribution in [2.75, 3.05) is 28.6 Å². The zero-order valence-corrected chi connectivity index (χ0v) is 22.0. The molecule has 3 aliphatic rings. The molecule has 1 saturated carbocycles. The molecule has 3 amide bonds. The standard InChI is InChI=1S/C31H33N5O3/c37-27-19-24-18-25(12-11-22(24)17-23-9-5-15-32-29(23)35-27)34-28(38)20-36-26-10-2-1-7-21(26)8-6-16-33-31(30(36)39)13-3-4-14-31/h1-2,5,7,9-12,15,18,33H,3-4,6,8,13-14,16-17,19-20H2,(H,34,38)(H,32,35,37). The highest BCUT2D eigenvalue weighted by molar-refractivity contribution is 6.07. The van der Waals surface area contributed by atoms with E-state index in [1.807, 2.05) is 54.6 Å². The van der Waals surface area contributed by atoms with Crippen LogP contribution in [-0.4, -0.2) is 41.3 Å². The summed E-state index contributed by atoms with van der Waals surface area (Å²) in [5.41, 5.74) is 4.72. The average Bonchev–Trinajstić information content (AvgIpc) is 3.42. The van der Waals surface area contributed by atoms with Crippen molar-refractivity contribution in [3.63, 3.8) is 0 Å². The van der Waals surface area contributed by atoms with E-state index in [0.29, 0.717) is 17.9 Å². The molecule has 3 aromatic rings. The molecule has 0 atom stereocenters. The number of amides is 3. The summed E-state index contributed by atoms with van der Waals surface area (Å²) in [7, 11) is 0. The molecule has 8 nitrogen and oxygen atoms in total. The topological polar surface area (TPSA) is 103 Å². The number of hydrogen-bond donors (Lipinski definition) is 3. The zero-order valence-electron chi connectivity index (χ0n) is 22.0. The molecule has 1 fully saturated rings. The second-order valence-corrected chi connectivity index (χ2v) is 10.8. The number of fused-ring (bicyclic) bond motifs is 3. The zero-order chi connectivity index (χ0) is 26.8. The predicted molar refractivity (Wildman–Crippen MR) is 151 cm³/mol. The molecule has 0 unspecified atom stereocenters. The first kappa shape index (κ1) is 25.2. The summed E-state index contributed by atoms with van der Waals surface area (Å²) in [6.07, 6.45) is 7.87. The Morgan fingerprint density at radius 2 is 1.74 bits per heavy atom. The van der Waals surface area contributed by atoms with Crippen LogP contribution in [0.3, 0.4) is 0 Å². The van der Waals surface area contributed by atoms with Crippen molar-refractivity contribution in [1.29, 1.82) is 0 Å². The minimum absolute atomic E-state index is 0.0216. The fraction of sp³-hybridized carbons (Fsp3) is 0.355. The Morgan fingerprint density at radius 3 is 2.62 bits per heavy atom. The molecule has 2 aromatic carbocycles. The van der Waals surface area contributed by atoms with Crippen molar-refractivity contribution in [1.82, 2.24) is 10.3 Å². The number of para-hydroxylation sites is 1. The van der Waals surface area contributed by atoms with E-state index in [-0.39, 0.29) is 30.7 Å². The van der Waals surface area contributed by atoms with Crippen molar-refractivity contribution >= 4 is 34.9 Å². The molecule has 39 heavy (non-hydrogen) atoms. The quantitative estimate of drug-likeness (QED) is 0.482. The first-order valence-electron chi connectivity index (χ1n) is 13.8. The van der Waals surface area contributed by atoms with Gasteiger partial charge in [-0.3, -0.25) is 14.4 Å². The molecule has 0 radical (unpaired) electrons. The number of rotatable bonds is 3. The lowest BCUT2D eigenvalue weighted by Crippen LogP contribution is -2.57. The van der Waals surface area contributed by atoms with Crippen molar-refractivity contribution in [2.24, 2.45) is 0 Å². The Bertz CT molecular complexity index is 1430. The maximum Gasteiger partial charge on any atom is 0.247 e. The van der Waals surface area contributed by atoms with Gasteiger partial charge in [-0.05, 0) is 78.7 Å². The van der Waals surface area contributed by atoms with Crippen molar-refractivity contribution < 1.29 is 14.4 Å². The fourth-order valence-electron chi connectivity index (χ4n) is 6.19. The molecular weight excluding hydrogens is 490 g/mol. The van der Waals surface area contributed by atoms with Gasteiger partial charge in [0.25, 0.3) is 0 Å². The molecular formula is C31H33N5O3. The molecule has 6 rings (SSSR count). The summed E-state index contributed by atoms with van der Waals surface area (Å²) in [6.45, 7) is 0.708. The fourth-order valence-corrected chi connectivity index (χ4v) is 6.19. The normalized spacial score (nSPS) is 18.4. The number of benzene rings is 2. The van der Waals surface area contributed by atoms with Gasteiger partial charge in [-0.2, -0.15) is 0 Å². The van der Waals surface area contributed by atoms with Crippen LogP contribution in [0.4, 0.5) is 17.2 Å². The summed E-state index contributed by atoms with van der Waals surface area (Å²) < 4.78 is 0. The van der Waals surface area contributed by atoms with Gasteiger partial charge in [0.2, 0.25) is 17.7 Å². The molecule has 1 spiro atoms. The van der Waals surface area contributed by atoms with Gasteiger partial charge in [0.1, 0.15) is 12.4 Å². The number of nitrogens with one attached hydrogen (secondary N) is 3. The van der Waals surface area contributed by atoms with Crippen LogP contribution < -0.4 is 20.9 Å². The average molecular weight is 524 g/mol. The third kappa shape index (κ3) is 5.16. The van der Waals surface area contributed by atoms with Gasteiger partial charge < -0.3 is 20.9 Å². The monoisotopic (exact) mass is 523 g/mol. The number of nitrogens with zero attached hydrogens (tertiary/aromatic N) is 2. The molecule has 200 valence electrons. The number of hydrogen-bond acceptors (Lipinski definition) is 5. The Balaban J connectivity index is 1.25. The van der Waals surface area contributed by atoms with Gasteiger partial charge in [0.05, 0.1) is 12.0 Å². The lowest BCUT2D eigenvalue weighted by Gasteiger charge is -2.35. The van der Waals surface area contributed by atoms with Crippen LogP contribution >= 0.6 is 0 Å². The van der Waals surface area contributed by atoms with E-state index in [9.17, 15) is 14.4 Å². The number of aromatic nitrogens is 1. The van der Waals surface area contributed by atoms with E-state index >= 15 is 0 Å². The number of pyridine rings is 1. The Hall–Kier alpha value is -4.04. The summed E-state index contributed by atoms with van der Waals surface area (Å²) >= 11 is 0. The summed E-state index contributed by atoms with van der Waals surface area (Å²) in [5.74, 6) is 0.156. The maximum atomic E-state index is 14.1. The van der Waals surface area contributed by atoms with Crippen LogP contribution in [0.25, 0.3) is 0 Å². The van der Waals surface area contributed by atoms with Crippen LogP contribution in [0.15, 0.2) is 60.8 Å². The number of aryl methyl sites for hydroxylation is 1. The van der Waals surface area contributed by atoms with Gasteiger partial charge in [0.15, 0.2) is 0 Å². The third-order valence-electron chi connectivity index (χ3n) is 8.15. The minimum Gasteiger partial charge on any atom is -0.325 e. The van der Waals surface area contributed by atoms with E-state index in [1.165, 1.54) is 0 Å². The molecule has 1 aliphatic carbocycles. The van der Waals surface area contributed by atoms with E-state index < -0.39 is 5.54 Å². The van der Waals surface area contributed by atoms with Crippen LogP contribution in [-0.2, 0) is 33.6 Å². The second kappa shape index (κ2) is 10.6. The summed E-state index contributed by atoms with van der Waals surface area (Å²) in [6, 6.07) is 17.4. The molecule has 2 aliphatic heterocycles. The van der Waals surface area contributed by atoms with Crippen LogP contribution in [0.5, 0.6) is 0 Å². The predicted octanol–water partition coefficient (Wildman–Crippen LogP) is 3.99. The van der Waals surface area contributed by atoms with Crippen molar-refractivity contribution in [3.8, 4) is 0 Å². The van der Waals surface area contributed by atoms with E-state index in [0.717, 1.165) is 73.0 Å². The number of anilines is 3. The Morgan fingerprint density at radius 1 is 0.923 bits per heavy atom. The maximum absolute atomic E-state index is 14.1.